The number of hydrogen-bond acceptors (Lipinski definition) is 4. The highest BCUT2D eigenvalue weighted by atomic mass is 32.2. The Bertz CT molecular complexity index is 1070. The summed E-state index contributed by atoms with van der Waals surface area (Å²) in [7, 11) is -4.27. The van der Waals surface area contributed by atoms with E-state index in [2.05, 4.69) is 14.8 Å². The number of nitrogens with zero attached hydrogens (tertiary/aromatic N) is 3. The maximum absolute atomic E-state index is 13.4. The van der Waals surface area contributed by atoms with Crippen LogP contribution in [0.4, 0.5) is 17.6 Å². The Morgan fingerprint density at radius 3 is 2.50 bits per heavy atom. The van der Waals surface area contributed by atoms with E-state index in [1.807, 2.05) is 6.07 Å². The molecule has 148 valence electrons. The fraction of sp³-hybridized carbons (Fsp3) is 0.176. The van der Waals surface area contributed by atoms with E-state index in [-0.39, 0.29) is 12.6 Å². The average Bonchev–Trinajstić information content (AvgIpc) is 3.12. The Labute approximate surface area is 157 Å². The van der Waals surface area contributed by atoms with Crippen molar-refractivity contribution in [2.24, 2.45) is 0 Å². The number of alkyl halides is 3. The summed E-state index contributed by atoms with van der Waals surface area (Å²) in [6.45, 7) is 0.278. The fourth-order valence-corrected chi connectivity index (χ4v) is 3.53. The standard InChI is InChI=1S/C17H14F4N4O2S/c18-16-5-4-14(7-15(16)17(19,20)21)28(26,27)24-8-12-2-1-3-13(6-12)9-25-11-22-10-23-25/h1-7,10-11,24H,8-9H2. The van der Waals surface area contributed by atoms with Crippen LogP contribution in [0.2, 0.25) is 0 Å². The summed E-state index contributed by atoms with van der Waals surface area (Å²) >= 11 is 0. The quantitative estimate of drug-likeness (QED) is 0.630. The molecule has 0 spiro atoms. The molecule has 0 aliphatic rings. The molecule has 11 heteroatoms. The molecule has 0 fully saturated rings. The van der Waals surface area contributed by atoms with E-state index in [0.29, 0.717) is 18.2 Å². The summed E-state index contributed by atoms with van der Waals surface area (Å²) in [6.07, 6.45) is -2.08. The van der Waals surface area contributed by atoms with Crippen LogP contribution in [0.3, 0.4) is 0 Å². The molecular weight excluding hydrogens is 400 g/mol. The number of sulfonamides is 1. The van der Waals surface area contributed by atoms with Gasteiger partial charge in [0.25, 0.3) is 0 Å². The molecule has 0 radical (unpaired) electrons. The number of halogens is 4. The summed E-state index contributed by atoms with van der Waals surface area (Å²) in [5, 5.41) is 3.97. The Balaban J connectivity index is 1.75. The van der Waals surface area contributed by atoms with E-state index >= 15 is 0 Å². The summed E-state index contributed by atoms with van der Waals surface area (Å²) in [4.78, 5) is 3.16. The zero-order chi connectivity index (χ0) is 20.4. The van der Waals surface area contributed by atoms with Crippen molar-refractivity contribution in [2.75, 3.05) is 0 Å². The fourth-order valence-electron chi connectivity index (χ4n) is 2.49. The largest absolute Gasteiger partial charge is 0.419 e. The van der Waals surface area contributed by atoms with Crippen LogP contribution in [0.1, 0.15) is 16.7 Å². The predicted molar refractivity (Wildman–Crippen MR) is 91.0 cm³/mol. The molecule has 1 N–H and O–H groups in total. The third-order valence-electron chi connectivity index (χ3n) is 3.82. The second-order valence-corrected chi connectivity index (χ2v) is 7.64. The number of rotatable bonds is 6. The molecule has 3 aromatic rings. The first-order chi connectivity index (χ1) is 13.1. The van der Waals surface area contributed by atoms with Crippen molar-refractivity contribution in [1.29, 1.82) is 0 Å². The van der Waals surface area contributed by atoms with Gasteiger partial charge >= 0.3 is 6.18 Å². The number of hydrogen-bond donors (Lipinski definition) is 1. The molecule has 0 saturated carbocycles. The van der Waals surface area contributed by atoms with Crippen LogP contribution >= 0.6 is 0 Å². The van der Waals surface area contributed by atoms with Crippen LogP contribution in [0.15, 0.2) is 60.0 Å². The molecular formula is C17H14F4N4O2S. The Hall–Kier alpha value is -2.79. The summed E-state index contributed by atoms with van der Waals surface area (Å²) < 4.78 is 80.2. The van der Waals surface area contributed by atoms with Gasteiger partial charge in [-0.3, -0.25) is 0 Å². The molecule has 0 bridgehead atoms. The van der Waals surface area contributed by atoms with E-state index < -0.39 is 32.5 Å². The maximum Gasteiger partial charge on any atom is 0.419 e. The Morgan fingerprint density at radius 2 is 1.82 bits per heavy atom. The molecule has 1 heterocycles. The van der Waals surface area contributed by atoms with E-state index in [4.69, 9.17) is 0 Å². The topological polar surface area (TPSA) is 76.9 Å². The van der Waals surface area contributed by atoms with Crippen LogP contribution in [-0.4, -0.2) is 23.2 Å². The van der Waals surface area contributed by atoms with Gasteiger partial charge in [-0.15, -0.1) is 0 Å². The van der Waals surface area contributed by atoms with Crippen molar-refractivity contribution in [3.05, 3.63) is 77.6 Å². The number of nitrogens with one attached hydrogen (secondary N) is 1. The van der Waals surface area contributed by atoms with Crippen molar-refractivity contribution < 1.29 is 26.0 Å². The van der Waals surface area contributed by atoms with Gasteiger partial charge in [0.15, 0.2) is 0 Å². The molecule has 0 amide bonds. The van der Waals surface area contributed by atoms with E-state index in [9.17, 15) is 26.0 Å². The molecule has 0 atom stereocenters. The van der Waals surface area contributed by atoms with Crippen molar-refractivity contribution in [1.82, 2.24) is 19.5 Å². The molecule has 0 unspecified atom stereocenters. The third-order valence-corrected chi connectivity index (χ3v) is 5.22. The first kappa shape index (κ1) is 20.0. The lowest BCUT2D eigenvalue weighted by Gasteiger charge is -2.12. The van der Waals surface area contributed by atoms with Crippen LogP contribution in [0.25, 0.3) is 0 Å². The average molecular weight is 414 g/mol. The van der Waals surface area contributed by atoms with Gasteiger partial charge in [0.05, 0.1) is 17.0 Å². The molecule has 0 aliphatic carbocycles. The van der Waals surface area contributed by atoms with Gasteiger partial charge in [-0.25, -0.2) is 27.2 Å². The second kappa shape index (κ2) is 7.68. The Kier molecular flexibility index (Phi) is 5.47. The minimum atomic E-state index is -4.99. The van der Waals surface area contributed by atoms with Gasteiger partial charge < -0.3 is 0 Å². The Morgan fingerprint density at radius 1 is 1.07 bits per heavy atom. The van der Waals surface area contributed by atoms with Gasteiger partial charge in [0, 0.05) is 6.54 Å². The minimum Gasteiger partial charge on any atom is -0.249 e. The minimum absolute atomic E-state index is 0.147. The lowest BCUT2D eigenvalue weighted by molar-refractivity contribution is -0.140. The maximum atomic E-state index is 13.4. The molecule has 2 aromatic carbocycles. The molecule has 28 heavy (non-hydrogen) atoms. The first-order valence-electron chi connectivity index (χ1n) is 7.92. The normalized spacial score (nSPS) is 12.3. The third kappa shape index (κ3) is 4.73. The van der Waals surface area contributed by atoms with Gasteiger partial charge in [-0.1, -0.05) is 24.3 Å². The van der Waals surface area contributed by atoms with Crippen LogP contribution in [0.5, 0.6) is 0 Å². The highest BCUT2D eigenvalue weighted by Crippen LogP contribution is 2.32. The highest BCUT2D eigenvalue weighted by molar-refractivity contribution is 7.89. The van der Waals surface area contributed by atoms with Crippen LogP contribution < -0.4 is 4.72 Å². The molecule has 0 aliphatic heterocycles. The number of benzene rings is 2. The first-order valence-corrected chi connectivity index (χ1v) is 9.40. The smallest absolute Gasteiger partial charge is 0.249 e. The van der Waals surface area contributed by atoms with E-state index in [0.717, 1.165) is 11.6 Å². The molecule has 1 aromatic heterocycles. The van der Waals surface area contributed by atoms with Gasteiger partial charge in [0.1, 0.15) is 18.5 Å². The van der Waals surface area contributed by atoms with Crippen molar-refractivity contribution in [3.63, 3.8) is 0 Å². The molecule has 6 nitrogen and oxygen atoms in total. The van der Waals surface area contributed by atoms with Gasteiger partial charge in [0.2, 0.25) is 10.0 Å². The molecule has 0 saturated heterocycles. The van der Waals surface area contributed by atoms with Crippen molar-refractivity contribution in [2.45, 2.75) is 24.2 Å². The highest BCUT2D eigenvalue weighted by Gasteiger charge is 2.35. The monoisotopic (exact) mass is 414 g/mol. The summed E-state index contributed by atoms with van der Waals surface area (Å²) in [5.74, 6) is -1.53. The lowest BCUT2D eigenvalue weighted by Crippen LogP contribution is -2.24. The SMILES string of the molecule is O=S(=O)(NCc1cccc(Cn2cncn2)c1)c1ccc(F)c(C(F)(F)F)c1. The van der Waals surface area contributed by atoms with Crippen molar-refractivity contribution in [3.8, 4) is 0 Å². The zero-order valence-corrected chi connectivity index (χ0v) is 15.0. The van der Waals surface area contributed by atoms with E-state index in [1.54, 1.807) is 22.9 Å². The lowest BCUT2D eigenvalue weighted by atomic mass is 10.1. The van der Waals surface area contributed by atoms with Crippen LogP contribution in [0, 0.1) is 5.82 Å². The predicted octanol–water partition coefficient (Wildman–Crippen LogP) is 2.96. The second-order valence-electron chi connectivity index (χ2n) is 5.88. The van der Waals surface area contributed by atoms with Gasteiger partial charge in [-0.05, 0) is 29.3 Å². The van der Waals surface area contributed by atoms with Gasteiger partial charge in [-0.2, -0.15) is 18.3 Å². The summed E-state index contributed by atoms with van der Waals surface area (Å²) in [5.41, 5.74) is -0.201. The summed E-state index contributed by atoms with van der Waals surface area (Å²) in [6, 6.07) is 8.48. The zero-order valence-electron chi connectivity index (χ0n) is 14.2. The molecule has 3 rings (SSSR count). The number of aromatic nitrogens is 3. The van der Waals surface area contributed by atoms with E-state index in [1.165, 1.54) is 12.7 Å². The van der Waals surface area contributed by atoms with Crippen molar-refractivity contribution >= 4 is 10.0 Å². The van der Waals surface area contributed by atoms with Crippen LogP contribution in [-0.2, 0) is 29.3 Å².